The highest BCUT2D eigenvalue weighted by atomic mass is 35.5. The Bertz CT molecular complexity index is 934. The van der Waals surface area contributed by atoms with Crippen molar-refractivity contribution in [3.8, 4) is 11.3 Å². The number of likely N-dealkylation sites (tertiary alicyclic amines) is 1. The molecule has 0 N–H and O–H groups in total. The lowest BCUT2D eigenvalue weighted by Crippen LogP contribution is -2.38. The van der Waals surface area contributed by atoms with E-state index in [-0.39, 0.29) is 17.7 Å². The number of amides is 1. The Kier molecular flexibility index (Phi) is 4.51. The van der Waals surface area contributed by atoms with Crippen molar-refractivity contribution in [3.05, 3.63) is 58.9 Å². The van der Waals surface area contributed by atoms with E-state index < -0.39 is 0 Å². The molecule has 1 amide bonds. The molecular weight excluding hydrogens is 354 g/mol. The number of carbonyl (C=O) groups is 1. The molecule has 1 aliphatic rings. The fraction of sp³-hybridized carbons (Fsp3) is 0.316. The van der Waals surface area contributed by atoms with Gasteiger partial charge in [0.15, 0.2) is 11.6 Å². The Morgan fingerprint density at radius 1 is 1.23 bits per heavy atom. The molecule has 4 rings (SSSR count). The van der Waals surface area contributed by atoms with Crippen LogP contribution in [0.15, 0.2) is 45.3 Å². The van der Waals surface area contributed by atoms with Crippen LogP contribution in [0.25, 0.3) is 11.3 Å². The summed E-state index contributed by atoms with van der Waals surface area (Å²) < 4.78 is 11.1. The fourth-order valence-corrected chi connectivity index (χ4v) is 3.51. The van der Waals surface area contributed by atoms with E-state index >= 15 is 0 Å². The van der Waals surface area contributed by atoms with Gasteiger partial charge in [-0.15, -0.1) is 0 Å². The molecule has 26 heavy (non-hydrogen) atoms. The second-order valence-electron chi connectivity index (χ2n) is 6.33. The zero-order chi connectivity index (χ0) is 18.1. The van der Waals surface area contributed by atoms with Gasteiger partial charge in [-0.2, -0.15) is 4.98 Å². The van der Waals surface area contributed by atoms with Crippen LogP contribution in [0.2, 0.25) is 5.02 Å². The number of aryl methyl sites for hydroxylation is 1. The first kappa shape index (κ1) is 16.8. The molecule has 0 bridgehead atoms. The van der Waals surface area contributed by atoms with Crippen molar-refractivity contribution in [1.82, 2.24) is 15.0 Å². The van der Waals surface area contributed by atoms with Crippen LogP contribution in [-0.2, 0) is 0 Å². The highest BCUT2D eigenvalue weighted by Crippen LogP contribution is 2.33. The van der Waals surface area contributed by atoms with Crippen molar-refractivity contribution in [2.45, 2.75) is 32.2 Å². The van der Waals surface area contributed by atoms with E-state index in [9.17, 15) is 4.79 Å². The monoisotopic (exact) mass is 371 g/mol. The van der Waals surface area contributed by atoms with Crippen molar-refractivity contribution in [1.29, 1.82) is 0 Å². The van der Waals surface area contributed by atoms with Gasteiger partial charge in [-0.1, -0.05) is 28.9 Å². The van der Waals surface area contributed by atoms with Crippen LogP contribution in [0, 0.1) is 6.92 Å². The number of furan rings is 1. The van der Waals surface area contributed by atoms with E-state index in [4.69, 9.17) is 20.5 Å². The van der Waals surface area contributed by atoms with Crippen LogP contribution in [0.3, 0.4) is 0 Å². The quantitative estimate of drug-likeness (QED) is 0.669. The molecule has 1 fully saturated rings. The molecule has 0 saturated carbocycles. The van der Waals surface area contributed by atoms with Crippen LogP contribution in [0.5, 0.6) is 0 Å². The largest absolute Gasteiger partial charge is 0.451 e. The first-order valence-corrected chi connectivity index (χ1v) is 8.97. The molecular formula is C19H18ClN3O3. The van der Waals surface area contributed by atoms with Crippen LogP contribution < -0.4 is 0 Å². The van der Waals surface area contributed by atoms with Gasteiger partial charge in [0, 0.05) is 12.1 Å². The molecule has 1 unspecified atom stereocenters. The van der Waals surface area contributed by atoms with Crippen LogP contribution in [0.1, 0.15) is 47.6 Å². The zero-order valence-corrected chi connectivity index (χ0v) is 15.1. The normalized spacial score (nSPS) is 17.5. The summed E-state index contributed by atoms with van der Waals surface area (Å²) in [5.41, 5.74) is 0.760. The molecule has 0 spiro atoms. The standard InChI is InChI=1S/C19H18ClN3O3/c1-12-21-18(26-22-12)15-8-4-5-11-23(15)19(24)17-10-9-16(25-17)13-6-2-3-7-14(13)20/h2-3,6-7,9-10,15H,4-5,8,11H2,1H3. The van der Waals surface area contributed by atoms with Gasteiger partial charge in [0.25, 0.3) is 5.91 Å². The number of piperidine rings is 1. The van der Waals surface area contributed by atoms with Crippen LogP contribution in [-0.4, -0.2) is 27.5 Å². The molecule has 2 aromatic heterocycles. The van der Waals surface area contributed by atoms with Gasteiger partial charge in [-0.05, 0) is 50.5 Å². The first-order chi connectivity index (χ1) is 12.6. The van der Waals surface area contributed by atoms with E-state index in [1.165, 1.54) is 0 Å². The lowest BCUT2D eigenvalue weighted by molar-refractivity contribution is 0.0530. The average Bonchev–Trinajstić information content (AvgIpc) is 3.31. The van der Waals surface area contributed by atoms with Crippen molar-refractivity contribution in [2.75, 3.05) is 6.54 Å². The Labute approximate surface area is 155 Å². The summed E-state index contributed by atoms with van der Waals surface area (Å²) in [4.78, 5) is 19.1. The van der Waals surface area contributed by atoms with Crippen LogP contribution >= 0.6 is 11.6 Å². The number of benzene rings is 1. The second kappa shape index (κ2) is 6.96. The minimum Gasteiger partial charge on any atom is -0.451 e. The summed E-state index contributed by atoms with van der Waals surface area (Å²) in [5.74, 6) is 1.72. The maximum Gasteiger partial charge on any atom is 0.290 e. The van der Waals surface area contributed by atoms with E-state index in [1.54, 1.807) is 30.0 Å². The van der Waals surface area contributed by atoms with Gasteiger partial charge in [0.1, 0.15) is 11.8 Å². The molecule has 1 atom stereocenters. The summed E-state index contributed by atoms with van der Waals surface area (Å²) in [5, 5.41) is 4.43. The highest BCUT2D eigenvalue weighted by molar-refractivity contribution is 6.33. The van der Waals surface area contributed by atoms with Gasteiger partial charge in [0.05, 0.1) is 5.02 Å². The Morgan fingerprint density at radius 3 is 2.85 bits per heavy atom. The van der Waals surface area contributed by atoms with Crippen molar-refractivity contribution >= 4 is 17.5 Å². The van der Waals surface area contributed by atoms with Gasteiger partial charge in [0.2, 0.25) is 5.89 Å². The molecule has 1 saturated heterocycles. The topological polar surface area (TPSA) is 72.4 Å². The van der Waals surface area contributed by atoms with E-state index in [0.717, 1.165) is 24.8 Å². The van der Waals surface area contributed by atoms with E-state index in [1.807, 2.05) is 18.2 Å². The number of carbonyl (C=O) groups excluding carboxylic acids is 1. The molecule has 1 aromatic carbocycles. The Balaban J connectivity index is 1.61. The maximum absolute atomic E-state index is 13.0. The van der Waals surface area contributed by atoms with Crippen molar-refractivity contribution in [3.63, 3.8) is 0 Å². The SMILES string of the molecule is Cc1noc(C2CCCCN2C(=O)c2ccc(-c3ccccc3Cl)o2)n1. The van der Waals surface area contributed by atoms with Gasteiger partial charge >= 0.3 is 0 Å². The first-order valence-electron chi connectivity index (χ1n) is 8.59. The molecule has 0 radical (unpaired) electrons. The third-order valence-corrected chi connectivity index (χ3v) is 4.88. The second-order valence-corrected chi connectivity index (χ2v) is 6.74. The average molecular weight is 372 g/mol. The number of hydrogen-bond acceptors (Lipinski definition) is 5. The zero-order valence-electron chi connectivity index (χ0n) is 14.3. The number of nitrogens with zero attached hydrogens (tertiary/aromatic N) is 3. The fourth-order valence-electron chi connectivity index (χ4n) is 3.28. The number of aromatic nitrogens is 2. The van der Waals surface area contributed by atoms with E-state index in [2.05, 4.69) is 10.1 Å². The summed E-state index contributed by atoms with van der Waals surface area (Å²) in [7, 11) is 0. The minimum atomic E-state index is -0.216. The lowest BCUT2D eigenvalue weighted by atomic mass is 10.0. The third kappa shape index (κ3) is 3.12. The molecule has 1 aliphatic heterocycles. The Morgan fingerprint density at radius 2 is 2.08 bits per heavy atom. The summed E-state index contributed by atoms with van der Waals surface area (Å²) >= 11 is 6.22. The summed E-state index contributed by atoms with van der Waals surface area (Å²) in [6.45, 7) is 2.40. The van der Waals surface area contributed by atoms with Gasteiger partial charge < -0.3 is 13.8 Å². The minimum absolute atomic E-state index is 0.177. The maximum atomic E-state index is 13.0. The van der Waals surface area contributed by atoms with Crippen LogP contribution in [0.4, 0.5) is 0 Å². The highest BCUT2D eigenvalue weighted by Gasteiger charge is 2.33. The Hall–Kier alpha value is -2.60. The molecule has 0 aliphatic carbocycles. The third-order valence-electron chi connectivity index (χ3n) is 4.55. The number of halogens is 1. The molecule has 6 nitrogen and oxygen atoms in total. The number of hydrogen-bond donors (Lipinski definition) is 0. The van der Waals surface area contributed by atoms with Crippen molar-refractivity contribution < 1.29 is 13.7 Å². The molecule has 3 heterocycles. The molecule has 7 heteroatoms. The molecule has 134 valence electrons. The predicted octanol–water partition coefficient (Wildman–Crippen LogP) is 4.66. The van der Waals surface area contributed by atoms with Gasteiger partial charge in [-0.3, -0.25) is 4.79 Å². The summed E-state index contributed by atoms with van der Waals surface area (Å²) in [6.07, 6.45) is 2.75. The van der Waals surface area contributed by atoms with Gasteiger partial charge in [-0.25, -0.2) is 0 Å². The number of rotatable bonds is 3. The lowest BCUT2D eigenvalue weighted by Gasteiger charge is -2.32. The smallest absolute Gasteiger partial charge is 0.290 e. The predicted molar refractivity (Wildman–Crippen MR) is 95.8 cm³/mol. The molecule has 3 aromatic rings. The van der Waals surface area contributed by atoms with E-state index in [0.29, 0.717) is 29.0 Å². The summed E-state index contributed by atoms with van der Waals surface area (Å²) in [6, 6.07) is 10.6. The van der Waals surface area contributed by atoms with Crippen molar-refractivity contribution in [2.24, 2.45) is 0 Å².